The van der Waals surface area contributed by atoms with Gasteiger partial charge in [-0.3, -0.25) is 0 Å². The van der Waals surface area contributed by atoms with Crippen molar-refractivity contribution < 1.29 is 23.8 Å². The van der Waals surface area contributed by atoms with E-state index in [2.05, 4.69) is 28.2 Å². The van der Waals surface area contributed by atoms with Crippen LogP contribution in [0.2, 0.25) is 0 Å². The summed E-state index contributed by atoms with van der Waals surface area (Å²) in [5.74, 6) is 0.361. The molecule has 6 aromatic rings. The van der Waals surface area contributed by atoms with E-state index in [1.165, 1.54) is 0 Å². The summed E-state index contributed by atoms with van der Waals surface area (Å²) in [7, 11) is 0. The molecule has 6 aromatic carbocycles. The van der Waals surface area contributed by atoms with E-state index >= 15 is 0 Å². The molecule has 3 N–H and O–H groups in total. The molecule has 53 heavy (non-hydrogen) atoms. The van der Waals surface area contributed by atoms with E-state index in [1.54, 1.807) is 43.3 Å². The third-order valence-corrected chi connectivity index (χ3v) is 8.70. The first-order valence-corrected chi connectivity index (χ1v) is 17.7. The number of nitrogens with one attached hydrogen (secondary N) is 1. The number of hydrogen-bond acceptors (Lipinski definition) is 9. The summed E-state index contributed by atoms with van der Waals surface area (Å²) < 4.78 is 16.5. The van der Waals surface area contributed by atoms with Crippen LogP contribution in [0.4, 0.5) is 22.7 Å². The lowest BCUT2D eigenvalue weighted by atomic mass is 10.1. The molecule has 0 amide bonds. The SMILES string of the molecule is C=C(C)C(=O)OCCCCCCOc1ccc(C(=O)Oc2ccc(CNc3ccc(N=Nc4ccc(N)c5ccccc45)c4ccccc34)cc2)cc1. The van der Waals surface area contributed by atoms with Crippen LogP contribution in [-0.4, -0.2) is 25.2 Å². The molecule has 0 radical (unpaired) electrons. The second-order valence-electron chi connectivity index (χ2n) is 12.7. The molecule has 0 aliphatic rings. The first-order valence-electron chi connectivity index (χ1n) is 17.7. The third kappa shape index (κ3) is 9.65. The number of fused-ring (bicyclic) bond motifs is 2. The standard InChI is InChI=1S/C44H42N4O5/c1-30(2)43(49)52-28-10-4-3-9-27-51-33-21-17-32(18-22-33)44(50)53-34-19-15-31(16-20-34)29-46-40-25-26-42(38-14-8-7-13-37(38)40)48-47-41-24-23-39(45)35-11-5-6-12-36(35)41/h5-8,11-26,46H,1,3-4,9-10,27-29,45H2,2H3. The van der Waals surface area contributed by atoms with Crippen LogP contribution in [0, 0.1) is 0 Å². The topological polar surface area (TPSA) is 125 Å². The van der Waals surface area contributed by atoms with Crippen molar-refractivity contribution in [2.24, 2.45) is 10.2 Å². The number of ether oxygens (including phenoxy) is 3. The fraction of sp³-hybridized carbons (Fsp3) is 0.182. The molecule has 0 unspecified atom stereocenters. The first-order chi connectivity index (χ1) is 25.9. The Kier molecular flexibility index (Phi) is 12.1. The summed E-state index contributed by atoms with van der Waals surface area (Å²) in [5, 5.41) is 16.7. The number of carbonyl (C=O) groups is 2. The van der Waals surface area contributed by atoms with Crippen LogP contribution in [0.25, 0.3) is 21.5 Å². The molecule has 0 saturated carbocycles. The van der Waals surface area contributed by atoms with Gasteiger partial charge in [0.2, 0.25) is 0 Å². The third-order valence-electron chi connectivity index (χ3n) is 8.70. The minimum Gasteiger partial charge on any atom is -0.494 e. The Morgan fingerprint density at radius 1 is 0.660 bits per heavy atom. The smallest absolute Gasteiger partial charge is 0.343 e. The first kappa shape index (κ1) is 36.3. The van der Waals surface area contributed by atoms with Crippen molar-refractivity contribution >= 4 is 56.2 Å². The van der Waals surface area contributed by atoms with Gasteiger partial charge in [-0.05, 0) is 98.8 Å². The zero-order valence-electron chi connectivity index (χ0n) is 29.7. The van der Waals surface area contributed by atoms with Gasteiger partial charge in [0, 0.05) is 45.0 Å². The number of esters is 2. The van der Waals surface area contributed by atoms with Gasteiger partial charge in [-0.15, -0.1) is 10.2 Å². The fourth-order valence-corrected chi connectivity index (χ4v) is 5.79. The van der Waals surface area contributed by atoms with Gasteiger partial charge in [0.15, 0.2) is 0 Å². The largest absolute Gasteiger partial charge is 0.494 e. The van der Waals surface area contributed by atoms with Crippen molar-refractivity contribution in [2.75, 3.05) is 24.3 Å². The molecule has 0 saturated heterocycles. The van der Waals surface area contributed by atoms with Crippen LogP contribution in [-0.2, 0) is 16.1 Å². The minimum atomic E-state index is -0.442. The maximum atomic E-state index is 12.8. The van der Waals surface area contributed by atoms with Gasteiger partial charge in [0.05, 0.1) is 30.2 Å². The number of nitrogens with zero attached hydrogens (tertiary/aromatic N) is 2. The molecule has 0 atom stereocenters. The minimum absolute atomic E-state index is 0.346. The number of rotatable bonds is 16. The average molecular weight is 707 g/mol. The summed E-state index contributed by atoms with van der Waals surface area (Å²) in [5.41, 5.74) is 11.3. The molecule has 0 fully saturated rings. The molecular formula is C44H42N4O5. The van der Waals surface area contributed by atoms with Crippen LogP contribution in [0.1, 0.15) is 48.5 Å². The molecule has 6 rings (SSSR count). The lowest BCUT2D eigenvalue weighted by Crippen LogP contribution is -2.08. The Bertz CT molecular complexity index is 2250. The Morgan fingerprint density at radius 3 is 1.92 bits per heavy atom. The van der Waals surface area contributed by atoms with Crippen LogP contribution in [0.3, 0.4) is 0 Å². The predicted molar refractivity (Wildman–Crippen MR) is 211 cm³/mol. The summed E-state index contributed by atoms with van der Waals surface area (Å²) in [6.07, 6.45) is 3.59. The van der Waals surface area contributed by atoms with Gasteiger partial charge < -0.3 is 25.3 Å². The highest BCUT2D eigenvalue weighted by molar-refractivity contribution is 6.02. The number of unbranched alkanes of at least 4 members (excludes halogenated alkanes) is 3. The summed E-state index contributed by atoms with van der Waals surface area (Å²) >= 11 is 0. The van der Waals surface area contributed by atoms with Gasteiger partial charge in [-0.1, -0.05) is 67.2 Å². The van der Waals surface area contributed by atoms with E-state index < -0.39 is 5.97 Å². The second kappa shape index (κ2) is 17.6. The molecule has 0 aromatic heterocycles. The number of hydrogen-bond donors (Lipinski definition) is 2. The Balaban J connectivity index is 0.979. The molecule has 9 nitrogen and oxygen atoms in total. The van der Waals surface area contributed by atoms with E-state index in [4.69, 9.17) is 19.9 Å². The predicted octanol–water partition coefficient (Wildman–Crippen LogP) is 10.9. The fourth-order valence-electron chi connectivity index (χ4n) is 5.79. The number of benzene rings is 6. The van der Waals surface area contributed by atoms with Crippen molar-refractivity contribution in [2.45, 2.75) is 39.2 Å². The van der Waals surface area contributed by atoms with E-state index in [1.807, 2.05) is 78.9 Å². The van der Waals surface area contributed by atoms with Crippen molar-refractivity contribution in [1.82, 2.24) is 0 Å². The number of nitrogen functional groups attached to an aromatic ring is 1. The Labute approximate surface area is 309 Å². The van der Waals surface area contributed by atoms with Gasteiger partial charge in [0.1, 0.15) is 11.5 Å². The average Bonchev–Trinajstić information content (AvgIpc) is 3.18. The van der Waals surface area contributed by atoms with Crippen LogP contribution in [0.15, 0.2) is 144 Å². The quantitative estimate of drug-likeness (QED) is 0.0256. The zero-order valence-corrected chi connectivity index (χ0v) is 29.7. The number of anilines is 2. The summed E-state index contributed by atoms with van der Waals surface area (Å²) in [6, 6.07) is 38.1. The number of nitrogens with two attached hydrogens (primary N) is 1. The highest BCUT2D eigenvalue weighted by Gasteiger charge is 2.11. The monoisotopic (exact) mass is 706 g/mol. The number of carbonyl (C=O) groups excluding carboxylic acids is 2. The summed E-state index contributed by atoms with van der Waals surface area (Å²) in [6.45, 7) is 6.75. The van der Waals surface area contributed by atoms with Crippen molar-refractivity contribution in [3.63, 3.8) is 0 Å². The van der Waals surface area contributed by atoms with Crippen molar-refractivity contribution in [1.29, 1.82) is 0 Å². The van der Waals surface area contributed by atoms with Crippen molar-refractivity contribution in [3.8, 4) is 11.5 Å². The van der Waals surface area contributed by atoms with Gasteiger partial charge >= 0.3 is 11.9 Å². The maximum Gasteiger partial charge on any atom is 0.343 e. The van der Waals surface area contributed by atoms with Crippen LogP contribution < -0.4 is 20.5 Å². The molecule has 0 spiro atoms. The lowest BCUT2D eigenvalue weighted by molar-refractivity contribution is -0.139. The molecule has 0 bridgehead atoms. The molecule has 268 valence electrons. The van der Waals surface area contributed by atoms with E-state index in [9.17, 15) is 9.59 Å². The van der Waals surface area contributed by atoms with Gasteiger partial charge in [-0.25, -0.2) is 9.59 Å². The Morgan fingerprint density at radius 2 is 1.25 bits per heavy atom. The summed E-state index contributed by atoms with van der Waals surface area (Å²) in [4.78, 5) is 24.2. The molecule has 0 aliphatic carbocycles. The van der Waals surface area contributed by atoms with Gasteiger partial charge in [0.25, 0.3) is 0 Å². The van der Waals surface area contributed by atoms with E-state index in [0.29, 0.717) is 48.1 Å². The van der Waals surface area contributed by atoms with Crippen LogP contribution >= 0.6 is 0 Å². The van der Waals surface area contributed by atoms with Crippen LogP contribution in [0.5, 0.6) is 11.5 Å². The lowest BCUT2D eigenvalue weighted by Gasteiger charge is -2.12. The highest BCUT2D eigenvalue weighted by atomic mass is 16.5. The van der Waals surface area contributed by atoms with Crippen molar-refractivity contribution in [3.05, 3.63) is 145 Å². The van der Waals surface area contributed by atoms with E-state index in [0.717, 1.165) is 69.9 Å². The molecular weight excluding hydrogens is 665 g/mol. The zero-order chi connectivity index (χ0) is 37.0. The van der Waals surface area contributed by atoms with Gasteiger partial charge in [-0.2, -0.15) is 0 Å². The molecule has 0 heterocycles. The second-order valence-corrected chi connectivity index (χ2v) is 12.7. The highest BCUT2D eigenvalue weighted by Crippen LogP contribution is 2.35. The molecule has 9 heteroatoms. The number of azo groups is 1. The van der Waals surface area contributed by atoms with E-state index in [-0.39, 0.29) is 5.97 Å². The maximum absolute atomic E-state index is 12.8. The normalized spacial score (nSPS) is 11.1. The molecule has 0 aliphatic heterocycles. The Hall–Kier alpha value is -6.48.